The second-order valence-corrected chi connectivity index (χ2v) is 12.5. The first-order valence-electron chi connectivity index (χ1n) is 16.7. The van der Waals surface area contributed by atoms with Gasteiger partial charge in [0.2, 0.25) is 0 Å². The first kappa shape index (κ1) is 29.3. The van der Waals surface area contributed by atoms with Crippen molar-refractivity contribution in [2.75, 3.05) is 0 Å². The minimum atomic E-state index is 0.613. The highest BCUT2D eigenvalue weighted by Gasteiger charge is 2.16. The van der Waals surface area contributed by atoms with Gasteiger partial charge in [0.1, 0.15) is 0 Å². The van der Waals surface area contributed by atoms with E-state index < -0.39 is 0 Å². The Morgan fingerprint density at radius 1 is 0.380 bits per heavy atom. The maximum atomic E-state index is 9.42. The van der Waals surface area contributed by atoms with Crippen molar-refractivity contribution < 1.29 is 0 Å². The third-order valence-corrected chi connectivity index (χ3v) is 9.53. The van der Waals surface area contributed by atoms with E-state index in [1.807, 2.05) is 36.4 Å². The van der Waals surface area contributed by atoms with Crippen molar-refractivity contribution >= 4 is 32.3 Å². The van der Waals surface area contributed by atoms with E-state index in [-0.39, 0.29) is 0 Å². The standard InChI is InChI=1S/C47H29N3/c48-30-31-18-20-34(21-19-31)44-29-45(41-17-9-8-14-38(41)32-10-2-1-3-11-32)50-47(49-44)36-24-22-35(23-25-36)46-40-16-7-5-13-37(40)28-43-39-15-6-4-12-33(39)26-27-42(43)46/h1-29H. The van der Waals surface area contributed by atoms with Crippen LogP contribution < -0.4 is 0 Å². The molecule has 3 nitrogen and oxygen atoms in total. The highest BCUT2D eigenvalue weighted by molar-refractivity contribution is 6.20. The van der Waals surface area contributed by atoms with Gasteiger partial charge in [0, 0.05) is 16.7 Å². The number of hydrogen-bond acceptors (Lipinski definition) is 3. The fourth-order valence-electron chi connectivity index (χ4n) is 7.07. The number of aromatic nitrogens is 2. The largest absolute Gasteiger partial charge is 0.228 e. The molecule has 0 aliphatic rings. The molecule has 0 bridgehead atoms. The molecule has 9 aromatic rings. The second kappa shape index (κ2) is 12.3. The molecule has 0 radical (unpaired) electrons. The third kappa shape index (κ3) is 5.17. The summed E-state index contributed by atoms with van der Waals surface area (Å²) < 4.78 is 0. The van der Waals surface area contributed by atoms with Gasteiger partial charge in [-0.1, -0.05) is 152 Å². The van der Waals surface area contributed by atoms with E-state index in [1.54, 1.807) is 0 Å². The molecule has 1 heterocycles. The van der Waals surface area contributed by atoms with Crippen molar-refractivity contribution in [3.63, 3.8) is 0 Å². The van der Waals surface area contributed by atoms with E-state index in [2.05, 4.69) is 146 Å². The van der Waals surface area contributed by atoms with E-state index in [1.165, 1.54) is 37.9 Å². The molecule has 0 N–H and O–H groups in total. The third-order valence-electron chi connectivity index (χ3n) is 9.53. The summed E-state index contributed by atoms with van der Waals surface area (Å²) in [5.41, 5.74) is 9.74. The van der Waals surface area contributed by atoms with Crippen molar-refractivity contribution in [3.8, 4) is 62.2 Å². The van der Waals surface area contributed by atoms with Crippen molar-refractivity contribution in [2.45, 2.75) is 0 Å². The molecule has 0 amide bonds. The predicted octanol–water partition coefficient (Wildman–Crippen LogP) is 12.1. The Labute approximate surface area is 290 Å². The quantitative estimate of drug-likeness (QED) is 0.140. The number of nitriles is 1. The Hall–Kier alpha value is -6.89. The van der Waals surface area contributed by atoms with Crippen LogP contribution in [0.4, 0.5) is 0 Å². The summed E-state index contributed by atoms with van der Waals surface area (Å²) in [5.74, 6) is 0.644. The van der Waals surface area contributed by atoms with Crippen LogP contribution in [0.5, 0.6) is 0 Å². The van der Waals surface area contributed by atoms with Gasteiger partial charge in [-0.15, -0.1) is 0 Å². The first-order valence-corrected chi connectivity index (χ1v) is 16.7. The summed E-state index contributed by atoms with van der Waals surface area (Å²) in [4.78, 5) is 10.3. The monoisotopic (exact) mass is 635 g/mol. The number of fused-ring (bicyclic) bond motifs is 4. The molecule has 0 spiro atoms. The first-order chi connectivity index (χ1) is 24.7. The van der Waals surface area contributed by atoms with Gasteiger partial charge in [-0.25, -0.2) is 9.97 Å². The van der Waals surface area contributed by atoms with E-state index >= 15 is 0 Å². The van der Waals surface area contributed by atoms with Crippen LogP contribution in [-0.4, -0.2) is 9.97 Å². The molecule has 0 saturated carbocycles. The summed E-state index contributed by atoms with van der Waals surface area (Å²) >= 11 is 0. The van der Waals surface area contributed by atoms with Crippen LogP contribution in [0.3, 0.4) is 0 Å². The van der Waals surface area contributed by atoms with E-state index in [0.29, 0.717) is 11.4 Å². The molecule has 0 atom stereocenters. The Bertz CT molecular complexity index is 2740. The Kier molecular flexibility index (Phi) is 7.19. The predicted molar refractivity (Wildman–Crippen MR) is 206 cm³/mol. The summed E-state index contributed by atoms with van der Waals surface area (Å²) in [6.07, 6.45) is 0. The van der Waals surface area contributed by atoms with Gasteiger partial charge >= 0.3 is 0 Å². The molecule has 50 heavy (non-hydrogen) atoms. The SMILES string of the molecule is N#Cc1ccc(-c2cc(-c3ccccc3-c3ccccc3)nc(-c3ccc(-c4c5ccccc5cc5c4ccc4ccccc45)cc3)n2)cc1. The zero-order valence-corrected chi connectivity index (χ0v) is 27.1. The maximum absolute atomic E-state index is 9.42. The van der Waals surface area contributed by atoms with Crippen LogP contribution in [-0.2, 0) is 0 Å². The topological polar surface area (TPSA) is 49.6 Å². The molecule has 232 valence electrons. The zero-order chi connectivity index (χ0) is 33.4. The zero-order valence-electron chi connectivity index (χ0n) is 27.1. The molecule has 9 rings (SSSR count). The number of benzene rings is 8. The van der Waals surface area contributed by atoms with Crippen LogP contribution in [0, 0.1) is 11.3 Å². The minimum absolute atomic E-state index is 0.613. The molecule has 0 aliphatic carbocycles. The lowest BCUT2D eigenvalue weighted by Gasteiger charge is -2.15. The van der Waals surface area contributed by atoms with Gasteiger partial charge in [0.25, 0.3) is 0 Å². The summed E-state index contributed by atoms with van der Waals surface area (Å²) in [6.45, 7) is 0. The molecular weight excluding hydrogens is 607 g/mol. The summed E-state index contributed by atoms with van der Waals surface area (Å²) in [5, 5.41) is 16.8. The fraction of sp³-hybridized carbons (Fsp3) is 0. The molecule has 0 fully saturated rings. The van der Waals surface area contributed by atoms with E-state index in [4.69, 9.17) is 9.97 Å². The maximum Gasteiger partial charge on any atom is 0.160 e. The highest BCUT2D eigenvalue weighted by atomic mass is 14.9. The van der Waals surface area contributed by atoms with E-state index in [9.17, 15) is 5.26 Å². The lowest BCUT2D eigenvalue weighted by molar-refractivity contribution is 1.18. The lowest BCUT2D eigenvalue weighted by Crippen LogP contribution is -1.97. The molecular formula is C47H29N3. The van der Waals surface area contributed by atoms with Crippen LogP contribution in [0.25, 0.3) is 88.5 Å². The number of hydrogen-bond donors (Lipinski definition) is 0. The molecule has 1 aromatic heterocycles. The van der Waals surface area contributed by atoms with Crippen LogP contribution in [0.2, 0.25) is 0 Å². The number of rotatable bonds is 5. The minimum Gasteiger partial charge on any atom is -0.228 e. The van der Waals surface area contributed by atoms with Gasteiger partial charge < -0.3 is 0 Å². The van der Waals surface area contributed by atoms with Gasteiger partial charge in [0.15, 0.2) is 5.82 Å². The summed E-state index contributed by atoms with van der Waals surface area (Å²) in [6, 6.07) is 63.3. The molecule has 3 heteroatoms. The Morgan fingerprint density at radius 2 is 1.00 bits per heavy atom. The molecule has 0 unspecified atom stereocenters. The Balaban J connectivity index is 1.21. The smallest absolute Gasteiger partial charge is 0.160 e. The number of nitrogens with zero attached hydrogens (tertiary/aromatic N) is 3. The second-order valence-electron chi connectivity index (χ2n) is 12.5. The van der Waals surface area contributed by atoms with Gasteiger partial charge in [-0.05, 0) is 78.8 Å². The molecule has 8 aromatic carbocycles. The van der Waals surface area contributed by atoms with Gasteiger partial charge in [-0.3, -0.25) is 0 Å². The average molecular weight is 636 g/mol. The van der Waals surface area contributed by atoms with E-state index in [0.717, 1.165) is 44.8 Å². The van der Waals surface area contributed by atoms with Crippen molar-refractivity contribution in [1.82, 2.24) is 9.97 Å². The molecule has 0 saturated heterocycles. The normalized spacial score (nSPS) is 11.2. The van der Waals surface area contributed by atoms with Gasteiger partial charge in [0.05, 0.1) is 23.0 Å². The highest BCUT2D eigenvalue weighted by Crippen LogP contribution is 2.40. The average Bonchev–Trinajstić information content (AvgIpc) is 3.20. The van der Waals surface area contributed by atoms with Crippen molar-refractivity contribution in [1.29, 1.82) is 5.26 Å². The van der Waals surface area contributed by atoms with Crippen molar-refractivity contribution in [3.05, 3.63) is 181 Å². The summed E-state index contributed by atoms with van der Waals surface area (Å²) in [7, 11) is 0. The van der Waals surface area contributed by atoms with Crippen LogP contribution >= 0.6 is 0 Å². The van der Waals surface area contributed by atoms with Crippen LogP contribution in [0.15, 0.2) is 176 Å². The van der Waals surface area contributed by atoms with Crippen molar-refractivity contribution in [2.24, 2.45) is 0 Å². The van der Waals surface area contributed by atoms with Crippen LogP contribution in [0.1, 0.15) is 5.56 Å². The lowest BCUT2D eigenvalue weighted by atomic mass is 9.89. The Morgan fingerprint density at radius 3 is 1.78 bits per heavy atom. The van der Waals surface area contributed by atoms with Gasteiger partial charge in [-0.2, -0.15) is 5.26 Å². The fourth-order valence-corrected chi connectivity index (χ4v) is 7.07. The molecule has 0 aliphatic heterocycles.